The Morgan fingerprint density at radius 3 is 2.25 bits per heavy atom. The minimum absolute atomic E-state index is 0.0719. The number of pyridine rings is 1. The van der Waals surface area contributed by atoms with E-state index in [0.717, 1.165) is 0 Å². The molecule has 6 rings (SSSR count). The van der Waals surface area contributed by atoms with Crippen molar-refractivity contribution in [1.82, 2.24) is 4.98 Å². The van der Waals surface area contributed by atoms with E-state index >= 15 is 0 Å². The van der Waals surface area contributed by atoms with Gasteiger partial charge in [0.25, 0.3) is 0 Å². The topological polar surface area (TPSA) is 12.9 Å². The summed E-state index contributed by atoms with van der Waals surface area (Å²) < 4.78 is 0. The second-order valence-electron chi connectivity index (χ2n) is 9.31. The third-order valence-corrected chi connectivity index (χ3v) is 10.6. The smallest absolute Gasteiger partial charge is 0.114 e. The zero-order valence-electron chi connectivity index (χ0n) is 16.8. The van der Waals surface area contributed by atoms with Gasteiger partial charge in [-0.3, -0.25) is 4.98 Å². The van der Waals surface area contributed by atoms with Gasteiger partial charge in [-0.15, -0.1) is 0 Å². The van der Waals surface area contributed by atoms with Gasteiger partial charge in [-0.1, -0.05) is 69.4 Å². The van der Waals surface area contributed by atoms with Gasteiger partial charge in [-0.25, -0.2) is 0 Å². The lowest BCUT2D eigenvalue weighted by atomic mass is 9.75. The van der Waals surface area contributed by atoms with E-state index in [2.05, 4.69) is 87.6 Å². The van der Waals surface area contributed by atoms with Crippen LogP contribution in [0.1, 0.15) is 25.0 Å². The molecule has 0 unspecified atom stereocenters. The maximum atomic E-state index is 4.97. The molecule has 0 saturated carbocycles. The second kappa shape index (κ2) is 5.01. The monoisotopic (exact) mass is 377 g/mol. The first-order valence-corrected chi connectivity index (χ1v) is 13.1. The molecule has 0 atom stereocenters. The van der Waals surface area contributed by atoms with Gasteiger partial charge >= 0.3 is 0 Å². The van der Waals surface area contributed by atoms with Crippen LogP contribution < -0.4 is 10.4 Å². The summed E-state index contributed by atoms with van der Waals surface area (Å²) in [7, 11) is -1.70. The molecule has 0 saturated heterocycles. The van der Waals surface area contributed by atoms with Gasteiger partial charge in [0.15, 0.2) is 0 Å². The molecule has 0 radical (unpaired) electrons. The van der Waals surface area contributed by atoms with Crippen molar-refractivity contribution in [1.29, 1.82) is 0 Å². The zero-order chi connectivity index (χ0) is 19.3. The summed E-state index contributed by atoms with van der Waals surface area (Å²) in [6.07, 6.45) is 2.03. The Kier molecular flexibility index (Phi) is 2.91. The minimum atomic E-state index is -1.70. The Morgan fingerprint density at radius 1 is 0.750 bits per heavy atom. The fourth-order valence-corrected chi connectivity index (χ4v) is 8.59. The van der Waals surface area contributed by atoms with Crippen molar-refractivity contribution in [2.45, 2.75) is 32.4 Å². The molecule has 136 valence electrons. The first-order chi connectivity index (χ1) is 13.4. The molecule has 4 aromatic rings. The molecule has 1 aliphatic carbocycles. The van der Waals surface area contributed by atoms with Crippen LogP contribution in [0.25, 0.3) is 33.2 Å². The lowest BCUT2D eigenvalue weighted by Crippen LogP contribution is -2.49. The largest absolute Gasteiger partial charge is 0.256 e. The first kappa shape index (κ1) is 16.3. The average Bonchev–Trinajstić information content (AvgIpc) is 2.90. The fraction of sp³-hybridized carbons (Fsp3) is 0.192. The van der Waals surface area contributed by atoms with Crippen molar-refractivity contribution in [3.8, 4) is 22.4 Å². The van der Waals surface area contributed by atoms with Crippen molar-refractivity contribution in [3.05, 3.63) is 78.0 Å². The Morgan fingerprint density at radius 2 is 1.46 bits per heavy atom. The molecule has 3 aromatic carbocycles. The lowest BCUT2D eigenvalue weighted by molar-refractivity contribution is 0.647. The fourth-order valence-electron chi connectivity index (χ4n) is 5.55. The van der Waals surface area contributed by atoms with Gasteiger partial charge in [-0.05, 0) is 56.0 Å². The number of benzene rings is 3. The lowest BCUT2D eigenvalue weighted by Gasteiger charge is -2.30. The van der Waals surface area contributed by atoms with Gasteiger partial charge in [0, 0.05) is 22.7 Å². The van der Waals surface area contributed by atoms with Crippen LogP contribution in [-0.2, 0) is 5.41 Å². The zero-order valence-corrected chi connectivity index (χ0v) is 17.8. The third kappa shape index (κ3) is 1.79. The van der Waals surface area contributed by atoms with Gasteiger partial charge in [0.2, 0.25) is 0 Å². The summed E-state index contributed by atoms with van der Waals surface area (Å²) >= 11 is 0. The van der Waals surface area contributed by atoms with Crippen molar-refractivity contribution in [2.75, 3.05) is 0 Å². The number of hydrogen-bond acceptors (Lipinski definition) is 1. The predicted octanol–water partition coefficient (Wildman–Crippen LogP) is 5.34. The number of rotatable bonds is 0. The van der Waals surface area contributed by atoms with Gasteiger partial charge in [0.05, 0.1) is 5.69 Å². The summed E-state index contributed by atoms with van der Waals surface area (Å²) in [6.45, 7) is 9.74. The molecule has 2 heteroatoms. The van der Waals surface area contributed by atoms with E-state index in [1.807, 2.05) is 6.20 Å². The van der Waals surface area contributed by atoms with Crippen molar-refractivity contribution in [3.63, 3.8) is 0 Å². The van der Waals surface area contributed by atoms with Crippen LogP contribution in [0.15, 0.2) is 66.9 Å². The van der Waals surface area contributed by atoms with Crippen LogP contribution in [0.4, 0.5) is 0 Å². The summed E-state index contributed by atoms with van der Waals surface area (Å²) in [5.74, 6) is 0. The molecule has 0 N–H and O–H groups in total. The van der Waals surface area contributed by atoms with Crippen molar-refractivity contribution in [2.24, 2.45) is 0 Å². The van der Waals surface area contributed by atoms with E-state index < -0.39 is 8.07 Å². The predicted molar refractivity (Wildman–Crippen MR) is 121 cm³/mol. The van der Waals surface area contributed by atoms with Gasteiger partial charge < -0.3 is 0 Å². The van der Waals surface area contributed by atoms with E-state index in [1.54, 1.807) is 5.19 Å². The Balaban J connectivity index is 1.88. The van der Waals surface area contributed by atoms with Crippen LogP contribution in [0, 0.1) is 0 Å². The number of nitrogens with zero attached hydrogens (tertiary/aromatic N) is 1. The average molecular weight is 378 g/mol. The molecule has 1 aromatic heterocycles. The summed E-state index contributed by atoms with van der Waals surface area (Å²) in [5, 5.41) is 5.70. The molecular weight excluding hydrogens is 354 g/mol. The standard InChI is InChI=1S/C26H23NSi/c1-26(2)19-10-7-11-21-23(19)24-22(28(21,3)4)12-13-27-25(24)18-14-16-8-5-6-9-17(16)15-20(18)26/h5-15H,1-4H3. The molecule has 0 amide bonds. The Hall–Kier alpha value is -2.71. The summed E-state index contributed by atoms with van der Waals surface area (Å²) in [5.41, 5.74) is 8.12. The second-order valence-corrected chi connectivity index (χ2v) is 13.6. The van der Waals surface area contributed by atoms with Crippen LogP contribution >= 0.6 is 0 Å². The van der Waals surface area contributed by atoms with Crippen LogP contribution in [0.5, 0.6) is 0 Å². The number of hydrogen-bond donors (Lipinski definition) is 0. The Bertz CT molecular complexity index is 1310. The van der Waals surface area contributed by atoms with E-state index in [1.165, 1.54) is 49.5 Å². The number of aromatic nitrogens is 1. The summed E-state index contributed by atoms with van der Waals surface area (Å²) in [4.78, 5) is 4.97. The minimum Gasteiger partial charge on any atom is -0.256 e. The van der Waals surface area contributed by atoms with Gasteiger partial charge in [-0.2, -0.15) is 0 Å². The molecule has 1 nitrogen and oxygen atoms in total. The molecule has 0 spiro atoms. The molecular formula is C26H23NSi. The maximum absolute atomic E-state index is 4.97. The van der Waals surface area contributed by atoms with E-state index in [0.29, 0.717) is 0 Å². The molecule has 0 bridgehead atoms. The van der Waals surface area contributed by atoms with E-state index in [9.17, 15) is 0 Å². The number of fused-ring (bicyclic) bond motifs is 3. The highest BCUT2D eigenvalue weighted by atomic mass is 28.3. The third-order valence-electron chi connectivity index (χ3n) is 7.10. The molecule has 2 aliphatic rings. The van der Waals surface area contributed by atoms with Crippen molar-refractivity contribution < 1.29 is 0 Å². The van der Waals surface area contributed by atoms with E-state index in [-0.39, 0.29) is 5.41 Å². The van der Waals surface area contributed by atoms with Crippen molar-refractivity contribution >= 4 is 29.2 Å². The maximum Gasteiger partial charge on any atom is 0.114 e. The highest BCUT2D eigenvalue weighted by molar-refractivity contribution is 7.04. The quantitative estimate of drug-likeness (QED) is 0.377. The van der Waals surface area contributed by atoms with Crippen LogP contribution in [0.2, 0.25) is 13.1 Å². The normalized spacial score (nSPS) is 17.1. The first-order valence-electron chi connectivity index (χ1n) is 10.1. The molecule has 28 heavy (non-hydrogen) atoms. The highest BCUT2D eigenvalue weighted by Crippen LogP contribution is 2.50. The SMILES string of the molecule is CC1(C)c2cc3ccccc3cc2-c2nccc3c2-c2c1cccc2[Si]3(C)C. The Labute approximate surface area is 167 Å². The van der Waals surface area contributed by atoms with E-state index in [4.69, 9.17) is 4.98 Å². The highest BCUT2D eigenvalue weighted by Gasteiger charge is 2.45. The summed E-state index contributed by atoms with van der Waals surface area (Å²) in [6, 6.07) is 22.7. The van der Waals surface area contributed by atoms with Crippen LogP contribution in [0.3, 0.4) is 0 Å². The molecule has 2 heterocycles. The molecule has 1 aliphatic heterocycles. The van der Waals surface area contributed by atoms with Crippen LogP contribution in [-0.4, -0.2) is 13.1 Å². The molecule has 0 fully saturated rings. The van der Waals surface area contributed by atoms with Gasteiger partial charge in [0.1, 0.15) is 8.07 Å².